The Hall–Kier alpha value is -3.61. The molecule has 4 aromatic rings. The summed E-state index contributed by atoms with van der Waals surface area (Å²) >= 11 is 5.80. The molecular weight excluding hydrogens is 421 g/mol. The van der Waals surface area contributed by atoms with Gasteiger partial charge in [-0.15, -0.1) is 0 Å². The molecule has 0 radical (unpaired) electrons. The van der Waals surface area contributed by atoms with Crippen molar-refractivity contribution in [2.45, 2.75) is 6.61 Å². The minimum absolute atomic E-state index is 0.0114. The van der Waals surface area contributed by atoms with Gasteiger partial charge in [0.2, 0.25) is 5.91 Å². The van der Waals surface area contributed by atoms with Crippen LogP contribution in [-0.4, -0.2) is 11.0 Å². The van der Waals surface area contributed by atoms with E-state index in [1.807, 2.05) is 12.1 Å². The number of furan rings is 2. The topological polar surface area (TPSA) is 75.6 Å². The van der Waals surface area contributed by atoms with E-state index in [0.29, 0.717) is 34.3 Å². The number of halogens is 2. The number of rotatable bonds is 6. The fourth-order valence-corrected chi connectivity index (χ4v) is 3.11. The summed E-state index contributed by atoms with van der Waals surface area (Å²) in [5, 5.41) is 11.9. The summed E-state index contributed by atoms with van der Waals surface area (Å²) in [6.07, 6.45) is 2.89. The molecule has 0 aliphatic heterocycles. The van der Waals surface area contributed by atoms with Gasteiger partial charge in [-0.3, -0.25) is 4.79 Å². The van der Waals surface area contributed by atoms with Crippen LogP contribution in [0.2, 0.25) is 5.02 Å². The van der Waals surface area contributed by atoms with Gasteiger partial charge in [-0.05, 0) is 72.8 Å². The van der Waals surface area contributed by atoms with E-state index in [4.69, 9.17) is 25.5 Å². The Balaban J connectivity index is 1.38. The number of hydrogen-bond donors (Lipinski definition) is 2. The molecule has 0 saturated heterocycles. The SMILES string of the molecule is O=C(/C=C/c1ccc(-c2ccc(F)c(Cl)c2)o1)Nc1ccc(-c2ccc(CO)o2)cc1. The second-order valence-corrected chi connectivity index (χ2v) is 7.06. The van der Waals surface area contributed by atoms with Crippen LogP contribution in [0.3, 0.4) is 0 Å². The second-order valence-electron chi connectivity index (χ2n) is 6.65. The van der Waals surface area contributed by atoms with E-state index in [0.717, 1.165) is 5.56 Å². The lowest BCUT2D eigenvalue weighted by atomic mass is 10.1. The Kier molecular flexibility index (Phi) is 6.02. The zero-order valence-electron chi connectivity index (χ0n) is 16.1. The van der Waals surface area contributed by atoms with E-state index in [1.165, 1.54) is 24.3 Å². The standard InChI is InChI=1S/C24H17ClFNO4/c25-20-13-16(3-9-21(20)26)23-10-6-18(30-23)8-12-24(29)27-17-4-1-15(2-5-17)22-11-7-19(14-28)31-22/h1-13,28H,14H2,(H,27,29)/b12-8+. The first kappa shape index (κ1) is 20.7. The number of nitrogens with one attached hydrogen (secondary N) is 1. The van der Waals surface area contributed by atoms with Crippen molar-refractivity contribution < 1.29 is 23.1 Å². The molecule has 7 heteroatoms. The number of aliphatic hydroxyl groups excluding tert-OH is 1. The average Bonchev–Trinajstić information content (AvgIpc) is 3.44. The zero-order chi connectivity index (χ0) is 21.8. The molecule has 4 rings (SSSR count). The maximum Gasteiger partial charge on any atom is 0.248 e. The maximum atomic E-state index is 13.3. The van der Waals surface area contributed by atoms with Gasteiger partial charge in [-0.25, -0.2) is 4.39 Å². The van der Waals surface area contributed by atoms with E-state index in [2.05, 4.69) is 5.32 Å². The molecule has 0 aliphatic carbocycles. The lowest BCUT2D eigenvalue weighted by Gasteiger charge is -2.03. The van der Waals surface area contributed by atoms with Crippen LogP contribution in [0, 0.1) is 5.82 Å². The molecule has 2 N–H and O–H groups in total. The van der Waals surface area contributed by atoms with Gasteiger partial charge in [-0.2, -0.15) is 0 Å². The number of anilines is 1. The van der Waals surface area contributed by atoms with Crippen molar-refractivity contribution >= 4 is 29.3 Å². The Morgan fingerprint density at radius 2 is 1.68 bits per heavy atom. The summed E-state index contributed by atoms with van der Waals surface area (Å²) in [4.78, 5) is 12.2. The van der Waals surface area contributed by atoms with Gasteiger partial charge in [0.15, 0.2) is 0 Å². The van der Waals surface area contributed by atoms with Crippen molar-refractivity contribution in [2.75, 3.05) is 5.32 Å². The summed E-state index contributed by atoms with van der Waals surface area (Å²) in [6.45, 7) is -0.157. The van der Waals surface area contributed by atoms with E-state index >= 15 is 0 Å². The highest BCUT2D eigenvalue weighted by atomic mass is 35.5. The first-order valence-corrected chi connectivity index (χ1v) is 9.74. The predicted molar refractivity (Wildman–Crippen MR) is 117 cm³/mol. The number of carbonyl (C=O) groups is 1. The third-order valence-electron chi connectivity index (χ3n) is 4.48. The van der Waals surface area contributed by atoms with Gasteiger partial charge in [0, 0.05) is 22.9 Å². The smallest absolute Gasteiger partial charge is 0.248 e. The minimum Gasteiger partial charge on any atom is -0.459 e. The van der Waals surface area contributed by atoms with Crippen molar-refractivity contribution in [3.8, 4) is 22.6 Å². The first-order chi connectivity index (χ1) is 15.0. The van der Waals surface area contributed by atoms with Crippen molar-refractivity contribution in [3.05, 3.63) is 95.2 Å². The molecule has 0 atom stereocenters. The predicted octanol–water partition coefficient (Wildman–Crippen LogP) is 6.14. The summed E-state index contributed by atoms with van der Waals surface area (Å²) in [5.74, 6) is 1.29. The van der Waals surface area contributed by atoms with Crippen LogP contribution in [0.5, 0.6) is 0 Å². The number of hydrogen-bond acceptors (Lipinski definition) is 4. The van der Waals surface area contributed by atoms with Gasteiger partial charge in [0.1, 0.15) is 35.5 Å². The molecular formula is C24H17ClFNO4. The fourth-order valence-electron chi connectivity index (χ4n) is 2.92. The fraction of sp³-hybridized carbons (Fsp3) is 0.0417. The molecule has 0 saturated carbocycles. The quantitative estimate of drug-likeness (QED) is 0.355. The van der Waals surface area contributed by atoms with Crippen LogP contribution < -0.4 is 5.32 Å². The summed E-state index contributed by atoms with van der Waals surface area (Å²) in [5.41, 5.74) is 2.09. The highest BCUT2D eigenvalue weighted by molar-refractivity contribution is 6.31. The lowest BCUT2D eigenvalue weighted by molar-refractivity contribution is -0.111. The molecule has 5 nitrogen and oxygen atoms in total. The normalized spacial score (nSPS) is 11.2. The molecule has 0 spiro atoms. The number of aliphatic hydroxyl groups is 1. The lowest BCUT2D eigenvalue weighted by Crippen LogP contribution is -2.07. The van der Waals surface area contributed by atoms with Gasteiger partial charge in [0.25, 0.3) is 0 Å². The van der Waals surface area contributed by atoms with Crippen LogP contribution in [0.4, 0.5) is 10.1 Å². The zero-order valence-corrected chi connectivity index (χ0v) is 16.9. The molecule has 0 fully saturated rings. The van der Waals surface area contributed by atoms with Crippen LogP contribution >= 0.6 is 11.6 Å². The van der Waals surface area contributed by atoms with E-state index in [-0.39, 0.29) is 17.5 Å². The van der Waals surface area contributed by atoms with Gasteiger partial charge in [0.05, 0.1) is 5.02 Å². The number of carbonyl (C=O) groups excluding carboxylic acids is 1. The van der Waals surface area contributed by atoms with Gasteiger partial charge in [-0.1, -0.05) is 11.6 Å². The monoisotopic (exact) mass is 437 g/mol. The number of benzene rings is 2. The highest BCUT2D eigenvalue weighted by Gasteiger charge is 2.08. The molecule has 1 amide bonds. The van der Waals surface area contributed by atoms with Crippen LogP contribution in [0.25, 0.3) is 28.7 Å². The molecule has 31 heavy (non-hydrogen) atoms. The highest BCUT2D eigenvalue weighted by Crippen LogP contribution is 2.27. The summed E-state index contributed by atoms with van der Waals surface area (Å²) < 4.78 is 24.5. The Bertz CT molecular complexity index is 1240. The van der Waals surface area contributed by atoms with Crippen molar-refractivity contribution in [1.82, 2.24) is 0 Å². The van der Waals surface area contributed by atoms with Crippen LogP contribution in [0.15, 0.2) is 81.6 Å². The van der Waals surface area contributed by atoms with Crippen LogP contribution in [0.1, 0.15) is 11.5 Å². The maximum absolute atomic E-state index is 13.3. The average molecular weight is 438 g/mol. The summed E-state index contributed by atoms with van der Waals surface area (Å²) in [7, 11) is 0. The van der Waals surface area contributed by atoms with E-state index in [1.54, 1.807) is 42.5 Å². The molecule has 2 aromatic heterocycles. The van der Waals surface area contributed by atoms with E-state index < -0.39 is 5.82 Å². The Morgan fingerprint density at radius 1 is 0.968 bits per heavy atom. The van der Waals surface area contributed by atoms with Crippen molar-refractivity contribution in [1.29, 1.82) is 0 Å². The largest absolute Gasteiger partial charge is 0.459 e. The third kappa shape index (κ3) is 4.94. The first-order valence-electron chi connectivity index (χ1n) is 9.36. The molecule has 2 aromatic carbocycles. The molecule has 2 heterocycles. The van der Waals surface area contributed by atoms with Crippen molar-refractivity contribution in [3.63, 3.8) is 0 Å². The molecule has 0 aliphatic rings. The third-order valence-corrected chi connectivity index (χ3v) is 4.77. The molecule has 0 unspecified atom stereocenters. The van der Waals surface area contributed by atoms with Crippen LogP contribution in [-0.2, 0) is 11.4 Å². The summed E-state index contributed by atoms with van der Waals surface area (Å²) in [6, 6.07) is 18.4. The van der Waals surface area contributed by atoms with Gasteiger partial charge >= 0.3 is 0 Å². The molecule has 156 valence electrons. The Labute approximate surface area is 182 Å². The minimum atomic E-state index is -0.499. The number of amides is 1. The Morgan fingerprint density at radius 3 is 2.39 bits per heavy atom. The molecule has 0 bridgehead atoms. The van der Waals surface area contributed by atoms with Gasteiger partial charge < -0.3 is 19.3 Å². The second kappa shape index (κ2) is 9.04. The van der Waals surface area contributed by atoms with E-state index in [9.17, 15) is 9.18 Å². The van der Waals surface area contributed by atoms with Crippen molar-refractivity contribution in [2.24, 2.45) is 0 Å².